The fourth-order valence-electron chi connectivity index (χ4n) is 2.20. The Morgan fingerprint density at radius 3 is 1.67 bits per heavy atom. The van der Waals surface area contributed by atoms with E-state index in [1.807, 2.05) is 6.92 Å². The summed E-state index contributed by atoms with van der Waals surface area (Å²) in [5.41, 5.74) is 0.874. The number of rotatable bonds is 4. The Morgan fingerprint density at radius 1 is 0.952 bits per heavy atom. The van der Waals surface area contributed by atoms with Crippen molar-refractivity contribution in [2.24, 2.45) is 0 Å². The highest BCUT2D eigenvalue weighted by atomic mass is 16.7. The summed E-state index contributed by atoms with van der Waals surface area (Å²) >= 11 is 0. The summed E-state index contributed by atoms with van der Waals surface area (Å²) in [6.07, 6.45) is -1.35. The molecule has 3 N–H and O–H groups in total. The second kappa shape index (κ2) is 5.75. The van der Waals surface area contributed by atoms with Crippen LogP contribution in [0.2, 0.25) is 0 Å². The Labute approximate surface area is 122 Å². The quantitative estimate of drug-likeness (QED) is 0.752. The second-order valence-corrected chi connectivity index (χ2v) is 4.98. The predicted molar refractivity (Wildman–Crippen MR) is 76.6 cm³/mol. The highest BCUT2D eigenvalue weighted by molar-refractivity contribution is 5.57. The smallest absolute Gasteiger partial charge is 0.505 e. The van der Waals surface area contributed by atoms with Gasteiger partial charge in [0.1, 0.15) is 18.1 Å². The van der Waals surface area contributed by atoms with Crippen LogP contribution in [0.15, 0.2) is 48.5 Å². The Bertz CT molecular complexity index is 571. The van der Waals surface area contributed by atoms with Crippen LogP contribution in [0.1, 0.15) is 18.1 Å². The van der Waals surface area contributed by atoms with Crippen molar-refractivity contribution in [3.05, 3.63) is 59.7 Å². The fourth-order valence-corrected chi connectivity index (χ4v) is 2.20. The molecule has 0 fully saturated rings. The molecule has 0 aliphatic heterocycles. The lowest BCUT2D eigenvalue weighted by atomic mass is 9.77. The van der Waals surface area contributed by atoms with Crippen LogP contribution < -0.4 is 0 Å². The summed E-state index contributed by atoms with van der Waals surface area (Å²) in [5, 5.41) is 27.5. The molecule has 2 aromatic carbocycles. The van der Waals surface area contributed by atoms with E-state index in [1.54, 1.807) is 24.3 Å². The number of hydrogen-bond donors (Lipinski definition) is 3. The van der Waals surface area contributed by atoms with Gasteiger partial charge in [0.25, 0.3) is 0 Å². The molecule has 0 aliphatic rings. The Morgan fingerprint density at radius 2 is 1.33 bits per heavy atom. The van der Waals surface area contributed by atoms with E-state index < -0.39 is 11.6 Å². The number of ether oxygens (including phenoxy) is 1. The molecule has 0 spiro atoms. The standard InChI is InChI=1S/C16H16O5/c1-16(10-21-15(19)20,11-2-6-13(17)7-3-11)12-4-8-14(18)9-5-12/h2-9,17-18H,10H2,1H3,(H,19,20). The van der Waals surface area contributed by atoms with Crippen LogP contribution in [0.5, 0.6) is 11.5 Å². The molecule has 0 aliphatic carbocycles. The lowest BCUT2D eigenvalue weighted by molar-refractivity contribution is 0.0776. The number of carbonyl (C=O) groups is 1. The van der Waals surface area contributed by atoms with E-state index in [1.165, 1.54) is 24.3 Å². The molecule has 0 atom stereocenters. The van der Waals surface area contributed by atoms with Gasteiger partial charge in [-0.05, 0) is 42.3 Å². The zero-order valence-corrected chi connectivity index (χ0v) is 11.5. The summed E-state index contributed by atoms with van der Waals surface area (Å²) in [5.74, 6) is 0.261. The molecule has 0 amide bonds. The number of hydrogen-bond acceptors (Lipinski definition) is 4. The molecule has 0 saturated heterocycles. The third kappa shape index (κ3) is 3.25. The van der Waals surface area contributed by atoms with Crippen LogP contribution >= 0.6 is 0 Å². The number of benzene rings is 2. The normalized spacial score (nSPS) is 11.1. The van der Waals surface area contributed by atoms with Crippen molar-refractivity contribution in [2.45, 2.75) is 12.3 Å². The molecule has 0 bridgehead atoms. The van der Waals surface area contributed by atoms with E-state index >= 15 is 0 Å². The van der Waals surface area contributed by atoms with E-state index in [9.17, 15) is 15.0 Å². The lowest BCUT2D eigenvalue weighted by Gasteiger charge is -2.30. The maximum atomic E-state index is 10.7. The zero-order valence-electron chi connectivity index (χ0n) is 11.5. The van der Waals surface area contributed by atoms with Gasteiger partial charge in [-0.1, -0.05) is 24.3 Å². The molecule has 0 heterocycles. The third-order valence-electron chi connectivity index (χ3n) is 3.49. The molecule has 0 aromatic heterocycles. The summed E-state index contributed by atoms with van der Waals surface area (Å²) < 4.78 is 4.77. The molecule has 2 aromatic rings. The maximum Gasteiger partial charge on any atom is 0.505 e. The van der Waals surface area contributed by atoms with E-state index in [2.05, 4.69) is 0 Å². The minimum absolute atomic E-state index is 0.0715. The Hall–Kier alpha value is -2.69. The first-order valence-corrected chi connectivity index (χ1v) is 6.36. The largest absolute Gasteiger partial charge is 0.508 e. The zero-order chi connectivity index (χ0) is 15.5. The second-order valence-electron chi connectivity index (χ2n) is 4.98. The summed E-state index contributed by atoms with van der Waals surface area (Å²) in [6, 6.07) is 13.0. The molecular formula is C16H16O5. The van der Waals surface area contributed by atoms with Gasteiger partial charge in [0.15, 0.2) is 0 Å². The molecule has 0 unspecified atom stereocenters. The lowest BCUT2D eigenvalue weighted by Crippen LogP contribution is -2.30. The monoisotopic (exact) mass is 288 g/mol. The summed E-state index contributed by atoms with van der Waals surface area (Å²) in [4.78, 5) is 10.7. The van der Waals surface area contributed by atoms with Gasteiger partial charge in [0.05, 0.1) is 5.41 Å². The minimum Gasteiger partial charge on any atom is -0.508 e. The van der Waals surface area contributed by atoms with Crippen molar-refractivity contribution in [3.63, 3.8) is 0 Å². The van der Waals surface area contributed by atoms with Crippen molar-refractivity contribution < 1.29 is 24.9 Å². The van der Waals surface area contributed by atoms with Crippen molar-refractivity contribution in [3.8, 4) is 11.5 Å². The van der Waals surface area contributed by atoms with Gasteiger partial charge in [0.2, 0.25) is 0 Å². The summed E-state index contributed by atoms with van der Waals surface area (Å²) in [6.45, 7) is 1.77. The van der Waals surface area contributed by atoms with Gasteiger partial charge in [-0.25, -0.2) is 4.79 Å². The first-order chi connectivity index (χ1) is 9.91. The van der Waals surface area contributed by atoms with Gasteiger partial charge in [-0.15, -0.1) is 0 Å². The summed E-state index contributed by atoms with van der Waals surface area (Å²) in [7, 11) is 0. The third-order valence-corrected chi connectivity index (χ3v) is 3.49. The molecule has 110 valence electrons. The van der Waals surface area contributed by atoms with Crippen molar-refractivity contribution in [1.82, 2.24) is 0 Å². The van der Waals surface area contributed by atoms with Gasteiger partial charge >= 0.3 is 6.16 Å². The minimum atomic E-state index is -1.35. The Balaban J connectivity index is 2.44. The van der Waals surface area contributed by atoms with Gasteiger partial charge in [-0.2, -0.15) is 0 Å². The van der Waals surface area contributed by atoms with Gasteiger partial charge < -0.3 is 20.1 Å². The van der Waals surface area contributed by atoms with Crippen LogP contribution in [0.3, 0.4) is 0 Å². The maximum absolute atomic E-state index is 10.7. The van der Waals surface area contributed by atoms with E-state index in [0.717, 1.165) is 11.1 Å². The van der Waals surface area contributed by atoms with Gasteiger partial charge in [0, 0.05) is 0 Å². The van der Waals surface area contributed by atoms with E-state index in [0.29, 0.717) is 0 Å². The van der Waals surface area contributed by atoms with Crippen LogP contribution in [0.4, 0.5) is 4.79 Å². The average Bonchev–Trinajstić information content (AvgIpc) is 2.46. The van der Waals surface area contributed by atoms with Crippen LogP contribution in [-0.4, -0.2) is 28.1 Å². The Kier molecular flexibility index (Phi) is 4.03. The molecule has 5 heteroatoms. The molecule has 0 saturated carbocycles. The van der Waals surface area contributed by atoms with E-state index in [-0.39, 0.29) is 18.1 Å². The predicted octanol–water partition coefficient (Wildman–Crippen LogP) is 3.10. The number of phenols is 2. The van der Waals surface area contributed by atoms with Crippen LogP contribution in [-0.2, 0) is 10.2 Å². The van der Waals surface area contributed by atoms with E-state index in [4.69, 9.17) is 9.84 Å². The van der Waals surface area contributed by atoms with Crippen molar-refractivity contribution >= 4 is 6.16 Å². The number of aromatic hydroxyl groups is 2. The highest BCUT2D eigenvalue weighted by Crippen LogP contribution is 2.34. The topological polar surface area (TPSA) is 87.0 Å². The molecular weight excluding hydrogens is 272 g/mol. The first kappa shape index (κ1) is 14.7. The molecule has 2 rings (SSSR count). The molecule has 5 nitrogen and oxygen atoms in total. The first-order valence-electron chi connectivity index (χ1n) is 6.36. The van der Waals surface area contributed by atoms with Crippen molar-refractivity contribution in [1.29, 1.82) is 0 Å². The molecule has 0 radical (unpaired) electrons. The highest BCUT2D eigenvalue weighted by Gasteiger charge is 2.31. The van der Waals surface area contributed by atoms with Gasteiger partial charge in [-0.3, -0.25) is 0 Å². The van der Waals surface area contributed by atoms with Crippen molar-refractivity contribution in [2.75, 3.05) is 6.61 Å². The van der Waals surface area contributed by atoms with Crippen LogP contribution in [0.25, 0.3) is 0 Å². The number of carboxylic acid groups (broad SMARTS) is 1. The molecule has 21 heavy (non-hydrogen) atoms. The SMILES string of the molecule is CC(COC(=O)O)(c1ccc(O)cc1)c1ccc(O)cc1. The van der Waals surface area contributed by atoms with Crippen LogP contribution in [0, 0.1) is 0 Å². The average molecular weight is 288 g/mol. The fraction of sp³-hybridized carbons (Fsp3) is 0.188. The number of phenolic OH excluding ortho intramolecular Hbond substituents is 2.